The summed E-state index contributed by atoms with van der Waals surface area (Å²) < 4.78 is 21.9. The molecule has 11 N–H and O–H groups in total. The van der Waals surface area contributed by atoms with Gasteiger partial charge in [-0.25, -0.2) is 4.79 Å². The van der Waals surface area contributed by atoms with Crippen LogP contribution in [0, 0.1) is 0 Å². The summed E-state index contributed by atoms with van der Waals surface area (Å²) >= 11 is 0. The molecular weight excluding hydrogens is 516 g/mol. The Hall–Kier alpha value is -1.54. The van der Waals surface area contributed by atoms with Gasteiger partial charge in [-0.3, -0.25) is 4.79 Å². The third kappa shape index (κ3) is 8.00. The van der Waals surface area contributed by atoms with E-state index < -0.39 is 98.5 Å². The maximum absolute atomic E-state index is 12.3. The fraction of sp³-hybridized carbons (Fsp3) is 0.909. The van der Waals surface area contributed by atoms with E-state index in [9.17, 15) is 50.4 Å². The summed E-state index contributed by atoms with van der Waals surface area (Å²) in [4.78, 5) is 23.9. The third-order valence-electron chi connectivity index (χ3n) is 6.47. The number of unbranched alkanes of at least 4 members (excludes halogenated alkanes) is 2. The zero-order valence-electron chi connectivity index (χ0n) is 21.0. The minimum atomic E-state index is -2.67. The number of nitrogens with two attached hydrogens (primary N) is 1. The smallest absolute Gasteiger partial charge is 0.364 e. The summed E-state index contributed by atoms with van der Waals surface area (Å²) in [6.07, 6.45) is -13.8. The minimum Gasteiger partial charge on any atom is -0.477 e. The van der Waals surface area contributed by atoms with E-state index in [0.717, 1.165) is 19.8 Å². The van der Waals surface area contributed by atoms with Gasteiger partial charge in [-0.2, -0.15) is 0 Å². The number of rotatable bonds is 14. The Labute approximate surface area is 218 Å². The maximum Gasteiger partial charge on any atom is 0.364 e. The monoisotopic (exact) mass is 556 g/mol. The number of nitrogens with one attached hydrogen (secondary N) is 1. The van der Waals surface area contributed by atoms with Gasteiger partial charge >= 0.3 is 5.97 Å². The number of carboxylic acid groups (broad SMARTS) is 1. The fourth-order valence-electron chi connectivity index (χ4n) is 4.31. The number of carbonyl (C=O) groups excluding carboxylic acids is 1. The highest BCUT2D eigenvalue weighted by Gasteiger charge is 2.56. The standard InChI is InChI=1S/C22H40N2O14/c1-10(26)24-14-11(27)7-22(21(33)34,38-19(14)15(29)12(28)8-25)36-9-13-16(30)17(31)18(32)20(37-13)35-6-4-2-3-5-23/h11-20,25,27-32H,2-9,23H2,1H3,(H,24,26)(H,33,34)/t11-,12-,13?,14?,15-,16?,17?,18?,19?,20?,22-/m1/s1. The topological polar surface area (TPSA) is 271 Å². The van der Waals surface area contributed by atoms with Crippen LogP contribution in [0.5, 0.6) is 0 Å². The van der Waals surface area contributed by atoms with Gasteiger partial charge in [0.1, 0.15) is 42.7 Å². The Morgan fingerprint density at radius 1 is 1.11 bits per heavy atom. The summed E-state index contributed by atoms with van der Waals surface area (Å²) in [6, 6.07) is -1.38. The number of hydrogen-bond acceptors (Lipinski definition) is 14. The second kappa shape index (κ2) is 14.7. The molecule has 0 aromatic heterocycles. The fourth-order valence-corrected chi connectivity index (χ4v) is 4.31. The molecule has 0 aromatic rings. The molecule has 2 heterocycles. The van der Waals surface area contributed by atoms with Crippen molar-refractivity contribution in [2.75, 3.05) is 26.4 Å². The molecule has 16 nitrogen and oxygen atoms in total. The molecule has 38 heavy (non-hydrogen) atoms. The zero-order valence-corrected chi connectivity index (χ0v) is 21.0. The molecule has 0 saturated carbocycles. The molecule has 0 aliphatic carbocycles. The van der Waals surface area contributed by atoms with Crippen molar-refractivity contribution in [3.05, 3.63) is 0 Å². The summed E-state index contributed by atoms with van der Waals surface area (Å²) in [5, 5.41) is 83.4. The Morgan fingerprint density at radius 2 is 1.79 bits per heavy atom. The highest BCUT2D eigenvalue weighted by molar-refractivity contribution is 5.76. The minimum absolute atomic E-state index is 0.143. The molecule has 2 aliphatic rings. The van der Waals surface area contributed by atoms with Gasteiger partial charge in [-0.05, 0) is 25.8 Å². The Kier molecular flexibility index (Phi) is 12.7. The number of aliphatic hydroxyl groups is 7. The van der Waals surface area contributed by atoms with Gasteiger partial charge in [-0.15, -0.1) is 0 Å². The molecule has 0 spiro atoms. The highest BCUT2D eigenvalue weighted by Crippen LogP contribution is 2.34. The van der Waals surface area contributed by atoms with E-state index >= 15 is 0 Å². The lowest BCUT2D eigenvalue weighted by Crippen LogP contribution is -2.68. The van der Waals surface area contributed by atoms with Crippen LogP contribution in [-0.2, 0) is 28.5 Å². The molecule has 7 unspecified atom stereocenters. The maximum atomic E-state index is 12.3. The van der Waals surface area contributed by atoms with Crippen LogP contribution in [0.1, 0.15) is 32.6 Å². The van der Waals surface area contributed by atoms with Crippen LogP contribution in [0.2, 0.25) is 0 Å². The molecule has 16 heteroatoms. The highest BCUT2D eigenvalue weighted by atomic mass is 16.7. The average molecular weight is 557 g/mol. The molecule has 0 radical (unpaired) electrons. The number of carbonyl (C=O) groups is 2. The molecular formula is C22H40N2O14. The normalized spacial score (nSPS) is 37.4. The van der Waals surface area contributed by atoms with Crippen LogP contribution >= 0.6 is 0 Å². The number of amides is 1. The van der Waals surface area contributed by atoms with E-state index in [0.29, 0.717) is 13.0 Å². The second-order valence-electron chi connectivity index (χ2n) is 9.42. The van der Waals surface area contributed by atoms with Crippen molar-refractivity contribution in [2.24, 2.45) is 5.73 Å². The number of carboxylic acids is 1. The Bertz CT molecular complexity index is 762. The van der Waals surface area contributed by atoms with E-state index in [2.05, 4.69) is 5.32 Å². The van der Waals surface area contributed by atoms with Gasteiger partial charge in [0.05, 0.1) is 25.4 Å². The van der Waals surface area contributed by atoms with Crippen molar-refractivity contribution >= 4 is 11.9 Å². The van der Waals surface area contributed by atoms with Gasteiger partial charge < -0.3 is 70.9 Å². The van der Waals surface area contributed by atoms with Gasteiger partial charge in [0.2, 0.25) is 5.91 Å². The van der Waals surface area contributed by atoms with Crippen molar-refractivity contribution in [1.29, 1.82) is 0 Å². The van der Waals surface area contributed by atoms with E-state index in [-0.39, 0.29) is 6.61 Å². The zero-order chi connectivity index (χ0) is 28.6. The number of aliphatic hydroxyl groups excluding tert-OH is 7. The molecule has 2 rings (SSSR count). The SMILES string of the molecule is CC(=O)NC1C([C@H](O)[C@H](O)CO)O[C@@](OCC2OC(OCCCCCN)C(O)C(O)C2O)(C(=O)O)C[C@H]1O. The van der Waals surface area contributed by atoms with Crippen molar-refractivity contribution in [3.63, 3.8) is 0 Å². The van der Waals surface area contributed by atoms with Gasteiger partial charge in [0.15, 0.2) is 6.29 Å². The summed E-state index contributed by atoms with van der Waals surface area (Å²) in [6.45, 7) is 0.0571. The Balaban J connectivity index is 2.19. The molecule has 1 amide bonds. The van der Waals surface area contributed by atoms with Crippen molar-refractivity contribution < 1.29 is 69.4 Å². The quantitative estimate of drug-likeness (QED) is 0.0898. The first-order valence-electron chi connectivity index (χ1n) is 12.4. The van der Waals surface area contributed by atoms with Crippen LogP contribution in [-0.4, -0.2) is 146 Å². The van der Waals surface area contributed by atoms with E-state index in [1.54, 1.807) is 0 Å². The van der Waals surface area contributed by atoms with Gasteiger partial charge in [0, 0.05) is 20.0 Å². The number of hydrogen-bond donors (Lipinski definition) is 10. The van der Waals surface area contributed by atoms with Crippen molar-refractivity contribution in [2.45, 2.75) is 99.6 Å². The largest absolute Gasteiger partial charge is 0.477 e. The summed E-state index contributed by atoms with van der Waals surface area (Å²) in [5.41, 5.74) is 5.43. The summed E-state index contributed by atoms with van der Waals surface area (Å²) in [7, 11) is 0. The van der Waals surface area contributed by atoms with Crippen LogP contribution < -0.4 is 11.1 Å². The second-order valence-corrected chi connectivity index (χ2v) is 9.42. The first-order valence-corrected chi connectivity index (χ1v) is 12.4. The number of aliphatic carboxylic acids is 1. The van der Waals surface area contributed by atoms with Crippen molar-refractivity contribution in [1.82, 2.24) is 5.32 Å². The predicted molar refractivity (Wildman–Crippen MR) is 124 cm³/mol. The molecule has 2 saturated heterocycles. The van der Waals surface area contributed by atoms with Gasteiger partial charge in [0.25, 0.3) is 5.79 Å². The van der Waals surface area contributed by atoms with Crippen LogP contribution in [0.15, 0.2) is 0 Å². The van der Waals surface area contributed by atoms with E-state index in [1.165, 1.54) is 0 Å². The predicted octanol–water partition coefficient (Wildman–Crippen LogP) is -4.89. The Morgan fingerprint density at radius 3 is 2.37 bits per heavy atom. The van der Waals surface area contributed by atoms with E-state index in [4.69, 9.17) is 24.7 Å². The summed E-state index contributed by atoms with van der Waals surface area (Å²) in [5.74, 6) is -5.08. The first kappa shape index (κ1) is 32.7. The lowest BCUT2D eigenvalue weighted by Gasteiger charge is -2.47. The van der Waals surface area contributed by atoms with Crippen LogP contribution in [0.25, 0.3) is 0 Å². The molecule has 2 fully saturated rings. The number of ether oxygens (including phenoxy) is 4. The third-order valence-corrected chi connectivity index (χ3v) is 6.47. The van der Waals surface area contributed by atoms with Crippen LogP contribution in [0.4, 0.5) is 0 Å². The molecule has 0 aromatic carbocycles. The average Bonchev–Trinajstić information content (AvgIpc) is 2.87. The van der Waals surface area contributed by atoms with Gasteiger partial charge in [-0.1, -0.05) is 0 Å². The van der Waals surface area contributed by atoms with Crippen LogP contribution in [0.3, 0.4) is 0 Å². The molecule has 2 aliphatic heterocycles. The molecule has 0 bridgehead atoms. The molecule has 222 valence electrons. The first-order chi connectivity index (χ1) is 17.9. The lowest BCUT2D eigenvalue weighted by atomic mass is 9.88. The molecule has 11 atom stereocenters. The van der Waals surface area contributed by atoms with Crippen molar-refractivity contribution in [3.8, 4) is 0 Å². The van der Waals surface area contributed by atoms with E-state index in [1.807, 2.05) is 0 Å². The lowest BCUT2D eigenvalue weighted by molar-refractivity contribution is -0.338.